The van der Waals surface area contributed by atoms with E-state index in [0.717, 1.165) is 29.1 Å². The lowest BCUT2D eigenvalue weighted by molar-refractivity contribution is -0.384. The van der Waals surface area contributed by atoms with E-state index in [1.54, 1.807) is 6.07 Å². The van der Waals surface area contributed by atoms with Crippen molar-refractivity contribution >= 4 is 40.4 Å². The molecular weight excluding hydrogens is 404 g/mol. The Morgan fingerprint density at radius 3 is 2.48 bits per heavy atom. The van der Waals surface area contributed by atoms with E-state index >= 15 is 0 Å². The molecule has 3 aromatic rings. The molecule has 0 saturated carbocycles. The number of benzene rings is 2. The van der Waals surface area contributed by atoms with Gasteiger partial charge in [-0.25, -0.2) is 9.78 Å². The molecule has 0 fully saturated rings. The Kier molecular flexibility index (Phi) is 6.64. The molecule has 0 unspecified atom stereocenters. The predicted molar refractivity (Wildman–Crippen MR) is 110 cm³/mol. The second-order valence-electron chi connectivity index (χ2n) is 6.18. The molecule has 156 valence electrons. The van der Waals surface area contributed by atoms with Gasteiger partial charge in [0.25, 0.3) is 17.5 Å². The number of nitrogens with zero attached hydrogens (tertiary/aromatic N) is 2. The number of hydrogen-bond donors (Lipinski definition) is 2. The van der Waals surface area contributed by atoms with E-state index in [9.17, 15) is 24.5 Å². The van der Waals surface area contributed by atoms with Gasteiger partial charge < -0.3 is 4.74 Å². The maximum Gasteiger partial charge on any atom is 0.331 e. The number of hydrazine groups is 1. The number of nitro groups is 1. The normalized spacial score (nSPS) is 10.6. The molecule has 10 nitrogen and oxygen atoms in total. The Balaban J connectivity index is 1.44. The molecule has 1 heterocycles. The molecule has 0 saturated heterocycles. The second-order valence-corrected chi connectivity index (χ2v) is 6.18. The van der Waals surface area contributed by atoms with E-state index in [1.165, 1.54) is 18.2 Å². The highest BCUT2D eigenvalue weighted by Gasteiger charge is 2.11. The Hall–Kier alpha value is -4.60. The third-order valence-corrected chi connectivity index (χ3v) is 4.01. The fourth-order valence-electron chi connectivity index (χ4n) is 2.48. The molecule has 2 amide bonds. The van der Waals surface area contributed by atoms with Crippen LogP contribution in [0.1, 0.15) is 16.1 Å². The molecule has 2 N–H and O–H groups in total. The summed E-state index contributed by atoms with van der Waals surface area (Å²) >= 11 is 0. The smallest absolute Gasteiger partial charge is 0.331 e. The monoisotopic (exact) mass is 420 g/mol. The van der Waals surface area contributed by atoms with Crippen molar-refractivity contribution in [3.63, 3.8) is 0 Å². The average molecular weight is 420 g/mol. The zero-order valence-corrected chi connectivity index (χ0v) is 16.0. The zero-order chi connectivity index (χ0) is 22.2. The van der Waals surface area contributed by atoms with Crippen molar-refractivity contribution in [3.8, 4) is 0 Å². The van der Waals surface area contributed by atoms with Crippen LogP contribution in [0.25, 0.3) is 17.0 Å². The Labute approximate surface area is 175 Å². The molecule has 0 spiro atoms. The summed E-state index contributed by atoms with van der Waals surface area (Å²) in [5.41, 5.74) is 5.47. The van der Waals surface area contributed by atoms with Crippen LogP contribution in [0, 0.1) is 10.1 Å². The number of carbonyl (C=O) groups excluding carboxylic acids is 3. The van der Waals surface area contributed by atoms with Crippen LogP contribution >= 0.6 is 0 Å². The van der Waals surface area contributed by atoms with E-state index in [2.05, 4.69) is 15.8 Å². The summed E-state index contributed by atoms with van der Waals surface area (Å²) in [6, 6.07) is 15.9. The Bertz CT molecular complexity index is 1170. The summed E-state index contributed by atoms with van der Waals surface area (Å²) in [5.74, 6) is -2.20. The predicted octanol–water partition coefficient (Wildman–Crippen LogP) is 2.16. The fourth-order valence-corrected chi connectivity index (χ4v) is 2.48. The van der Waals surface area contributed by atoms with E-state index in [4.69, 9.17) is 4.74 Å². The molecule has 2 aromatic carbocycles. The minimum atomic E-state index is -0.763. The number of amides is 2. The van der Waals surface area contributed by atoms with Crippen molar-refractivity contribution in [1.29, 1.82) is 0 Å². The van der Waals surface area contributed by atoms with Crippen molar-refractivity contribution < 1.29 is 24.0 Å². The third-order valence-electron chi connectivity index (χ3n) is 4.01. The maximum atomic E-state index is 11.9. The van der Waals surface area contributed by atoms with Gasteiger partial charge in [-0.05, 0) is 30.3 Å². The van der Waals surface area contributed by atoms with Gasteiger partial charge in [0.2, 0.25) is 0 Å². The van der Waals surface area contributed by atoms with Crippen LogP contribution in [0.4, 0.5) is 5.69 Å². The maximum absolute atomic E-state index is 11.9. The number of fused-ring (bicyclic) bond motifs is 1. The van der Waals surface area contributed by atoms with Gasteiger partial charge in [-0.15, -0.1) is 0 Å². The summed E-state index contributed by atoms with van der Waals surface area (Å²) < 4.78 is 4.80. The van der Waals surface area contributed by atoms with Crippen molar-refractivity contribution in [3.05, 3.63) is 88.1 Å². The first-order valence-electron chi connectivity index (χ1n) is 8.96. The molecule has 1 aromatic heterocycles. The number of esters is 1. The van der Waals surface area contributed by atoms with Crippen LogP contribution in [0.15, 0.2) is 66.7 Å². The number of non-ortho nitro benzene ring substituents is 1. The second kappa shape index (κ2) is 9.74. The summed E-state index contributed by atoms with van der Waals surface area (Å²) in [5, 5.41) is 11.6. The highest BCUT2D eigenvalue weighted by atomic mass is 16.6. The average Bonchev–Trinajstić information content (AvgIpc) is 2.79. The Morgan fingerprint density at radius 1 is 1.00 bits per heavy atom. The van der Waals surface area contributed by atoms with Crippen molar-refractivity contribution in [1.82, 2.24) is 15.8 Å². The van der Waals surface area contributed by atoms with Crippen LogP contribution in [0.3, 0.4) is 0 Å². The van der Waals surface area contributed by atoms with Gasteiger partial charge in [-0.2, -0.15) is 0 Å². The topological polar surface area (TPSA) is 141 Å². The summed E-state index contributed by atoms with van der Waals surface area (Å²) in [6.07, 6.45) is 2.60. The van der Waals surface area contributed by atoms with Crippen LogP contribution in [0.2, 0.25) is 0 Å². The highest BCUT2D eigenvalue weighted by molar-refractivity contribution is 5.96. The number of nitro benzene ring substituents is 1. The van der Waals surface area contributed by atoms with Gasteiger partial charge in [0.15, 0.2) is 6.61 Å². The van der Waals surface area contributed by atoms with E-state index < -0.39 is 29.3 Å². The molecule has 0 aliphatic carbocycles. The van der Waals surface area contributed by atoms with Gasteiger partial charge in [0.05, 0.1) is 16.1 Å². The number of hydrogen-bond acceptors (Lipinski definition) is 7. The third kappa shape index (κ3) is 5.94. The lowest BCUT2D eigenvalue weighted by atomic mass is 10.2. The number of rotatable bonds is 6. The Morgan fingerprint density at radius 2 is 1.74 bits per heavy atom. The first kappa shape index (κ1) is 21.1. The molecule has 0 atom stereocenters. The van der Waals surface area contributed by atoms with Crippen LogP contribution in [-0.2, 0) is 14.3 Å². The number of nitrogens with one attached hydrogen (secondary N) is 2. The van der Waals surface area contributed by atoms with Gasteiger partial charge in [-0.3, -0.25) is 30.6 Å². The quantitative estimate of drug-likeness (QED) is 0.269. The van der Waals surface area contributed by atoms with Crippen molar-refractivity contribution in [2.75, 3.05) is 6.61 Å². The van der Waals surface area contributed by atoms with Gasteiger partial charge in [-0.1, -0.05) is 24.3 Å². The number of aromatic nitrogens is 1. The fraction of sp³-hybridized carbons (Fsp3) is 0.0476. The largest absolute Gasteiger partial charge is 0.452 e. The van der Waals surface area contributed by atoms with Crippen molar-refractivity contribution in [2.45, 2.75) is 0 Å². The van der Waals surface area contributed by atoms with Gasteiger partial charge in [0.1, 0.15) is 0 Å². The molecule has 0 aliphatic heterocycles. The molecule has 3 rings (SSSR count). The van der Waals surface area contributed by atoms with Gasteiger partial charge >= 0.3 is 5.97 Å². The van der Waals surface area contributed by atoms with Gasteiger partial charge in [0, 0.05) is 29.2 Å². The SMILES string of the molecule is O=C(COC(=O)C=Cc1ccc2ccccc2n1)NNC(=O)c1ccc([N+](=O)[O-])cc1. The standard InChI is InChI=1S/C21H16N4O6/c26-19(23-24-21(28)15-6-10-17(11-7-15)25(29)30)13-31-20(27)12-9-16-8-5-14-3-1-2-4-18(14)22-16/h1-12H,13H2,(H,23,26)(H,24,28). The lowest BCUT2D eigenvalue weighted by Crippen LogP contribution is -2.43. The first-order chi connectivity index (χ1) is 14.9. The molecule has 0 bridgehead atoms. The minimum absolute atomic E-state index is 0.105. The first-order valence-corrected chi connectivity index (χ1v) is 8.96. The summed E-state index contributed by atoms with van der Waals surface area (Å²) in [7, 11) is 0. The number of carbonyl (C=O) groups is 3. The molecule has 10 heteroatoms. The molecule has 0 radical (unpaired) electrons. The number of pyridine rings is 1. The van der Waals surface area contributed by atoms with E-state index in [1.807, 2.05) is 30.3 Å². The van der Waals surface area contributed by atoms with Crippen LogP contribution in [-0.4, -0.2) is 34.3 Å². The summed E-state index contributed by atoms with van der Waals surface area (Å²) in [6.45, 7) is -0.616. The molecule has 31 heavy (non-hydrogen) atoms. The van der Waals surface area contributed by atoms with E-state index in [-0.39, 0.29) is 11.3 Å². The zero-order valence-electron chi connectivity index (χ0n) is 16.0. The minimum Gasteiger partial charge on any atom is -0.452 e. The molecule has 0 aliphatic rings. The van der Waals surface area contributed by atoms with Crippen LogP contribution in [0.5, 0.6) is 0 Å². The highest BCUT2D eigenvalue weighted by Crippen LogP contribution is 2.13. The summed E-state index contributed by atoms with van der Waals surface area (Å²) in [4.78, 5) is 49.8. The molecular formula is C21H16N4O6. The van der Waals surface area contributed by atoms with Crippen molar-refractivity contribution in [2.24, 2.45) is 0 Å². The van der Waals surface area contributed by atoms with E-state index in [0.29, 0.717) is 5.69 Å². The lowest BCUT2D eigenvalue weighted by Gasteiger charge is -2.07. The van der Waals surface area contributed by atoms with Crippen LogP contribution < -0.4 is 10.9 Å². The number of para-hydroxylation sites is 1. The number of ether oxygens (including phenoxy) is 1.